The van der Waals surface area contributed by atoms with Gasteiger partial charge in [-0.05, 0) is 30.7 Å². The molecule has 0 saturated heterocycles. The van der Waals surface area contributed by atoms with Crippen LogP contribution in [-0.4, -0.2) is 36.3 Å². The van der Waals surface area contributed by atoms with Crippen molar-refractivity contribution in [3.63, 3.8) is 0 Å². The highest BCUT2D eigenvalue weighted by atomic mass is 16.5. The molecular weight excluding hydrogens is 296 g/mol. The number of methoxy groups -OCH3 is 1. The van der Waals surface area contributed by atoms with Crippen molar-refractivity contribution < 1.29 is 14.3 Å². The van der Waals surface area contributed by atoms with E-state index in [0.29, 0.717) is 24.8 Å². The first-order valence-electron chi connectivity index (χ1n) is 7.24. The SMILES string of the molecule is COCCOc1ccc(NC(=O)N[C@@H](C)c2ccncc2)cn1. The third-order valence-electron chi connectivity index (χ3n) is 3.09. The Morgan fingerprint density at radius 3 is 2.65 bits per heavy atom. The molecule has 0 fully saturated rings. The van der Waals surface area contributed by atoms with Crippen LogP contribution in [0.3, 0.4) is 0 Å². The standard InChI is InChI=1S/C16H20N4O3/c1-12(13-5-7-17-8-6-13)19-16(21)20-14-3-4-15(18-11-14)23-10-9-22-2/h3-8,11-12H,9-10H2,1-2H3,(H2,19,20,21)/t12-/m0/s1. The van der Waals surface area contributed by atoms with Crippen LogP contribution in [-0.2, 0) is 4.74 Å². The van der Waals surface area contributed by atoms with Crippen molar-refractivity contribution in [1.29, 1.82) is 0 Å². The van der Waals surface area contributed by atoms with Gasteiger partial charge in [0.2, 0.25) is 5.88 Å². The molecule has 0 saturated carbocycles. The molecule has 7 nitrogen and oxygen atoms in total. The predicted octanol–water partition coefficient (Wildman–Crippen LogP) is 2.38. The van der Waals surface area contributed by atoms with Gasteiger partial charge in [-0.15, -0.1) is 0 Å². The Labute approximate surface area is 135 Å². The van der Waals surface area contributed by atoms with E-state index in [0.717, 1.165) is 5.56 Å². The van der Waals surface area contributed by atoms with Crippen LogP contribution in [0.4, 0.5) is 10.5 Å². The van der Waals surface area contributed by atoms with E-state index in [2.05, 4.69) is 20.6 Å². The average Bonchev–Trinajstić information content (AvgIpc) is 2.57. The molecule has 2 heterocycles. The van der Waals surface area contributed by atoms with Crippen molar-refractivity contribution >= 4 is 11.7 Å². The maximum absolute atomic E-state index is 12.0. The summed E-state index contributed by atoms with van der Waals surface area (Å²) >= 11 is 0. The quantitative estimate of drug-likeness (QED) is 0.766. The van der Waals surface area contributed by atoms with Gasteiger partial charge in [-0.2, -0.15) is 0 Å². The van der Waals surface area contributed by atoms with E-state index in [1.165, 1.54) is 0 Å². The van der Waals surface area contributed by atoms with E-state index in [9.17, 15) is 4.79 Å². The summed E-state index contributed by atoms with van der Waals surface area (Å²) in [6, 6.07) is 6.72. The lowest BCUT2D eigenvalue weighted by atomic mass is 10.1. The summed E-state index contributed by atoms with van der Waals surface area (Å²) < 4.78 is 10.2. The Bertz CT molecular complexity index is 604. The Hall–Kier alpha value is -2.67. The van der Waals surface area contributed by atoms with Crippen LogP contribution in [0.2, 0.25) is 0 Å². The van der Waals surface area contributed by atoms with Crippen molar-refractivity contribution in [2.24, 2.45) is 0 Å². The zero-order valence-corrected chi connectivity index (χ0v) is 13.2. The fraction of sp³-hybridized carbons (Fsp3) is 0.312. The monoisotopic (exact) mass is 316 g/mol. The summed E-state index contributed by atoms with van der Waals surface area (Å²) in [7, 11) is 1.61. The third-order valence-corrected chi connectivity index (χ3v) is 3.09. The number of aromatic nitrogens is 2. The van der Waals surface area contributed by atoms with Gasteiger partial charge in [-0.3, -0.25) is 4.98 Å². The third kappa shape index (κ3) is 5.55. The second-order valence-corrected chi connectivity index (χ2v) is 4.83. The second kappa shape index (κ2) is 8.70. The molecule has 0 unspecified atom stereocenters. The summed E-state index contributed by atoms with van der Waals surface area (Å²) in [5, 5.41) is 5.58. The van der Waals surface area contributed by atoms with E-state index < -0.39 is 0 Å². The average molecular weight is 316 g/mol. The number of nitrogens with zero attached hydrogens (tertiary/aromatic N) is 2. The molecule has 0 aliphatic carbocycles. The molecule has 2 aromatic heterocycles. The molecule has 23 heavy (non-hydrogen) atoms. The number of carbonyl (C=O) groups excluding carboxylic acids is 1. The molecule has 0 aliphatic heterocycles. The van der Waals surface area contributed by atoms with Gasteiger partial charge in [0, 0.05) is 25.6 Å². The number of ether oxygens (including phenoxy) is 2. The number of hydrogen-bond acceptors (Lipinski definition) is 5. The van der Waals surface area contributed by atoms with Gasteiger partial charge in [0.1, 0.15) is 6.61 Å². The van der Waals surface area contributed by atoms with Crippen LogP contribution in [0.25, 0.3) is 0 Å². The second-order valence-electron chi connectivity index (χ2n) is 4.83. The van der Waals surface area contributed by atoms with Crippen molar-refractivity contribution in [3.05, 3.63) is 48.4 Å². The Kier molecular flexibility index (Phi) is 6.31. The highest BCUT2D eigenvalue weighted by molar-refractivity contribution is 5.89. The molecule has 0 aliphatic rings. The first kappa shape index (κ1) is 16.7. The van der Waals surface area contributed by atoms with E-state index in [1.807, 2.05) is 19.1 Å². The minimum atomic E-state index is -0.302. The molecule has 1 atom stereocenters. The maximum Gasteiger partial charge on any atom is 0.319 e. The van der Waals surface area contributed by atoms with Crippen LogP contribution in [0.5, 0.6) is 5.88 Å². The number of hydrogen-bond donors (Lipinski definition) is 2. The highest BCUT2D eigenvalue weighted by Crippen LogP contribution is 2.13. The molecular formula is C16H20N4O3. The fourth-order valence-electron chi connectivity index (χ4n) is 1.87. The number of nitrogens with one attached hydrogen (secondary N) is 2. The van der Waals surface area contributed by atoms with Gasteiger partial charge in [0.15, 0.2) is 0 Å². The molecule has 0 spiro atoms. The largest absolute Gasteiger partial charge is 0.475 e. The molecule has 2 rings (SSSR count). The first-order valence-corrected chi connectivity index (χ1v) is 7.24. The molecule has 2 amide bonds. The molecule has 0 aromatic carbocycles. The number of amides is 2. The number of pyridine rings is 2. The summed E-state index contributed by atoms with van der Waals surface area (Å²) in [5.41, 5.74) is 1.57. The van der Waals surface area contributed by atoms with Gasteiger partial charge in [-0.1, -0.05) is 0 Å². The number of carbonyl (C=O) groups is 1. The molecule has 0 bridgehead atoms. The molecule has 0 radical (unpaired) electrons. The Balaban J connectivity index is 1.83. The normalized spacial score (nSPS) is 11.6. The van der Waals surface area contributed by atoms with Gasteiger partial charge in [0.25, 0.3) is 0 Å². The highest BCUT2D eigenvalue weighted by Gasteiger charge is 2.09. The van der Waals surface area contributed by atoms with E-state index in [1.54, 1.807) is 37.8 Å². The lowest BCUT2D eigenvalue weighted by molar-refractivity contribution is 0.144. The van der Waals surface area contributed by atoms with Crippen molar-refractivity contribution in [3.8, 4) is 5.88 Å². The zero-order chi connectivity index (χ0) is 16.5. The lowest BCUT2D eigenvalue weighted by Crippen LogP contribution is -2.31. The van der Waals surface area contributed by atoms with E-state index in [-0.39, 0.29) is 12.1 Å². The fourth-order valence-corrected chi connectivity index (χ4v) is 1.87. The van der Waals surface area contributed by atoms with Crippen LogP contribution >= 0.6 is 0 Å². The Morgan fingerprint density at radius 1 is 1.22 bits per heavy atom. The number of rotatable bonds is 7. The van der Waals surface area contributed by atoms with E-state index >= 15 is 0 Å². The predicted molar refractivity (Wildman–Crippen MR) is 86.4 cm³/mol. The van der Waals surface area contributed by atoms with Gasteiger partial charge < -0.3 is 20.1 Å². The number of anilines is 1. The molecule has 2 N–H and O–H groups in total. The van der Waals surface area contributed by atoms with Crippen LogP contribution in [0, 0.1) is 0 Å². The van der Waals surface area contributed by atoms with Gasteiger partial charge >= 0.3 is 6.03 Å². The summed E-state index contributed by atoms with van der Waals surface area (Å²) in [6.45, 7) is 2.83. The van der Waals surface area contributed by atoms with Gasteiger partial charge in [0.05, 0.1) is 24.5 Å². The first-order chi connectivity index (χ1) is 11.2. The minimum Gasteiger partial charge on any atom is -0.475 e. The van der Waals surface area contributed by atoms with E-state index in [4.69, 9.17) is 9.47 Å². The molecule has 7 heteroatoms. The summed E-state index contributed by atoms with van der Waals surface area (Å²) in [6.07, 6.45) is 4.92. The summed E-state index contributed by atoms with van der Waals surface area (Å²) in [5.74, 6) is 0.484. The summed E-state index contributed by atoms with van der Waals surface area (Å²) in [4.78, 5) is 20.0. The maximum atomic E-state index is 12.0. The number of urea groups is 1. The molecule has 2 aromatic rings. The van der Waals surface area contributed by atoms with Crippen molar-refractivity contribution in [2.75, 3.05) is 25.6 Å². The molecule has 122 valence electrons. The topological polar surface area (TPSA) is 85.4 Å². The van der Waals surface area contributed by atoms with Crippen LogP contribution < -0.4 is 15.4 Å². The smallest absolute Gasteiger partial charge is 0.319 e. The van der Waals surface area contributed by atoms with Crippen LogP contribution in [0.1, 0.15) is 18.5 Å². The van der Waals surface area contributed by atoms with Crippen LogP contribution in [0.15, 0.2) is 42.9 Å². The van der Waals surface area contributed by atoms with Crippen molar-refractivity contribution in [2.45, 2.75) is 13.0 Å². The lowest BCUT2D eigenvalue weighted by Gasteiger charge is -2.14. The minimum absolute atomic E-state index is 0.123. The zero-order valence-electron chi connectivity index (χ0n) is 13.2. The Morgan fingerprint density at radius 2 is 2.00 bits per heavy atom. The van der Waals surface area contributed by atoms with Crippen molar-refractivity contribution in [1.82, 2.24) is 15.3 Å². The van der Waals surface area contributed by atoms with Gasteiger partial charge in [-0.25, -0.2) is 9.78 Å².